The van der Waals surface area contributed by atoms with Crippen LogP contribution in [0.4, 0.5) is 0 Å². The summed E-state index contributed by atoms with van der Waals surface area (Å²) in [5, 5.41) is 0.697. The van der Waals surface area contributed by atoms with Crippen molar-refractivity contribution in [1.82, 2.24) is 19.4 Å². The van der Waals surface area contributed by atoms with Crippen LogP contribution in [-0.4, -0.2) is 77.2 Å². The topological polar surface area (TPSA) is 94.0 Å². The molecule has 168 valence electrons. The van der Waals surface area contributed by atoms with Crippen molar-refractivity contribution in [2.75, 3.05) is 46.0 Å². The lowest BCUT2D eigenvalue weighted by Gasteiger charge is -2.27. The lowest BCUT2D eigenvalue weighted by molar-refractivity contribution is -0.145. The summed E-state index contributed by atoms with van der Waals surface area (Å²) in [6.07, 6.45) is 2.50. The van der Waals surface area contributed by atoms with Gasteiger partial charge in [0.2, 0.25) is 5.91 Å². The molecule has 2 aromatic heterocycles. The van der Waals surface area contributed by atoms with Gasteiger partial charge in [-0.05, 0) is 18.9 Å². The average molecular weight is 449 g/mol. The van der Waals surface area contributed by atoms with Gasteiger partial charge in [-0.15, -0.1) is 11.3 Å². The number of morpholine rings is 1. The van der Waals surface area contributed by atoms with E-state index in [0.29, 0.717) is 38.0 Å². The predicted molar refractivity (Wildman–Crippen MR) is 116 cm³/mol. The van der Waals surface area contributed by atoms with Gasteiger partial charge >= 0.3 is 5.97 Å². The standard InChI is InChI=1S/C21H28N4O5S/c1-2-30-18(27)4-3-17(26)24-6-5-15-16(13-24)31-20-19(15)21(28)25(14-22-20)8-7-23-9-11-29-12-10-23/h14H,2-13H2,1H3. The zero-order chi connectivity index (χ0) is 21.8. The Labute approximate surface area is 184 Å². The smallest absolute Gasteiger partial charge is 0.306 e. The number of aromatic nitrogens is 2. The fourth-order valence-corrected chi connectivity index (χ4v) is 5.26. The Morgan fingerprint density at radius 2 is 2.00 bits per heavy atom. The highest BCUT2D eigenvalue weighted by Gasteiger charge is 2.26. The zero-order valence-corrected chi connectivity index (χ0v) is 18.6. The van der Waals surface area contributed by atoms with E-state index in [0.717, 1.165) is 48.1 Å². The number of carbonyl (C=O) groups is 2. The van der Waals surface area contributed by atoms with E-state index in [1.54, 1.807) is 22.7 Å². The van der Waals surface area contributed by atoms with Crippen molar-refractivity contribution in [3.63, 3.8) is 0 Å². The number of thiophene rings is 1. The summed E-state index contributed by atoms with van der Waals surface area (Å²) >= 11 is 1.49. The molecular weight excluding hydrogens is 420 g/mol. The zero-order valence-electron chi connectivity index (χ0n) is 17.8. The van der Waals surface area contributed by atoms with Crippen LogP contribution in [0.25, 0.3) is 10.2 Å². The minimum absolute atomic E-state index is 0.00199. The highest BCUT2D eigenvalue weighted by molar-refractivity contribution is 7.18. The molecule has 9 nitrogen and oxygen atoms in total. The number of esters is 1. The largest absolute Gasteiger partial charge is 0.466 e. The van der Waals surface area contributed by atoms with Crippen LogP contribution in [0.1, 0.15) is 30.2 Å². The van der Waals surface area contributed by atoms with Gasteiger partial charge in [0.05, 0.1) is 44.5 Å². The highest BCUT2D eigenvalue weighted by Crippen LogP contribution is 2.32. The molecule has 1 amide bonds. The maximum absolute atomic E-state index is 13.1. The first kappa shape index (κ1) is 21.9. The first-order valence-corrected chi connectivity index (χ1v) is 11.6. The van der Waals surface area contributed by atoms with Gasteiger partial charge in [0.1, 0.15) is 4.83 Å². The van der Waals surface area contributed by atoms with Gasteiger partial charge in [0, 0.05) is 44.0 Å². The van der Waals surface area contributed by atoms with Crippen LogP contribution >= 0.6 is 11.3 Å². The number of amides is 1. The molecule has 4 heterocycles. The molecule has 1 fully saturated rings. The van der Waals surface area contributed by atoms with Crippen LogP contribution in [-0.2, 0) is 38.6 Å². The predicted octanol–water partition coefficient (Wildman–Crippen LogP) is 1.02. The van der Waals surface area contributed by atoms with Crippen LogP contribution in [0, 0.1) is 0 Å². The van der Waals surface area contributed by atoms with Gasteiger partial charge in [-0.1, -0.05) is 0 Å². The molecule has 0 saturated carbocycles. The second kappa shape index (κ2) is 9.88. The summed E-state index contributed by atoms with van der Waals surface area (Å²) in [6.45, 7) is 7.72. The summed E-state index contributed by atoms with van der Waals surface area (Å²) < 4.78 is 12.0. The molecule has 0 atom stereocenters. The highest BCUT2D eigenvalue weighted by atomic mass is 32.1. The number of rotatable bonds is 7. The minimum Gasteiger partial charge on any atom is -0.466 e. The van der Waals surface area contributed by atoms with Crippen molar-refractivity contribution in [1.29, 1.82) is 0 Å². The monoisotopic (exact) mass is 448 g/mol. The first-order chi connectivity index (χ1) is 15.1. The normalized spacial score (nSPS) is 17.0. The van der Waals surface area contributed by atoms with Crippen LogP contribution < -0.4 is 5.56 Å². The van der Waals surface area contributed by atoms with Gasteiger partial charge in [-0.25, -0.2) is 4.98 Å². The van der Waals surface area contributed by atoms with Crippen molar-refractivity contribution in [3.05, 3.63) is 27.1 Å². The summed E-state index contributed by atoms with van der Waals surface area (Å²) in [5.74, 6) is -0.413. The second-order valence-corrected chi connectivity index (χ2v) is 8.84. The lowest BCUT2D eigenvalue weighted by atomic mass is 10.0. The summed E-state index contributed by atoms with van der Waals surface area (Å²) in [5.41, 5.74) is 1.02. The van der Waals surface area contributed by atoms with Gasteiger partial charge in [0.25, 0.3) is 5.56 Å². The molecule has 31 heavy (non-hydrogen) atoms. The van der Waals surface area contributed by atoms with Crippen LogP contribution in [0.2, 0.25) is 0 Å². The van der Waals surface area contributed by atoms with Crippen molar-refractivity contribution in [2.24, 2.45) is 0 Å². The average Bonchev–Trinajstić information content (AvgIpc) is 3.16. The molecule has 0 spiro atoms. The number of hydrogen-bond donors (Lipinski definition) is 0. The summed E-state index contributed by atoms with van der Waals surface area (Å²) in [7, 11) is 0. The Morgan fingerprint density at radius 1 is 1.19 bits per heavy atom. The molecule has 1 saturated heterocycles. The van der Waals surface area contributed by atoms with Gasteiger partial charge in [-0.2, -0.15) is 0 Å². The van der Waals surface area contributed by atoms with Gasteiger partial charge in [0.15, 0.2) is 0 Å². The molecule has 2 aromatic rings. The molecular formula is C21H28N4O5S. The molecule has 0 radical (unpaired) electrons. The van der Waals surface area contributed by atoms with E-state index >= 15 is 0 Å². The van der Waals surface area contributed by atoms with Crippen LogP contribution in [0.3, 0.4) is 0 Å². The Hall–Kier alpha value is -2.30. The second-order valence-electron chi connectivity index (χ2n) is 7.75. The first-order valence-electron chi connectivity index (χ1n) is 10.8. The third kappa shape index (κ3) is 4.97. The van der Waals surface area contributed by atoms with E-state index in [9.17, 15) is 14.4 Å². The fourth-order valence-electron chi connectivity index (χ4n) is 4.07. The lowest BCUT2D eigenvalue weighted by Crippen LogP contribution is -2.39. The fraction of sp³-hybridized carbons (Fsp3) is 0.619. The van der Waals surface area contributed by atoms with Crippen molar-refractivity contribution in [2.45, 2.75) is 39.3 Å². The van der Waals surface area contributed by atoms with Crippen molar-refractivity contribution >= 4 is 33.4 Å². The molecule has 10 heteroatoms. The van der Waals surface area contributed by atoms with Crippen LogP contribution in [0.15, 0.2) is 11.1 Å². The number of hydrogen-bond acceptors (Lipinski definition) is 8. The summed E-state index contributed by atoms with van der Waals surface area (Å²) in [4.78, 5) is 47.5. The van der Waals surface area contributed by atoms with E-state index in [-0.39, 0.29) is 30.3 Å². The van der Waals surface area contributed by atoms with Crippen molar-refractivity contribution < 1.29 is 19.1 Å². The molecule has 4 rings (SSSR count). The Balaban J connectivity index is 1.44. The van der Waals surface area contributed by atoms with E-state index in [2.05, 4.69) is 9.88 Å². The molecule has 2 aliphatic rings. The number of ether oxygens (including phenoxy) is 2. The molecule has 0 unspecified atom stereocenters. The summed E-state index contributed by atoms with van der Waals surface area (Å²) in [6, 6.07) is 0. The molecule has 0 aliphatic carbocycles. The molecule has 0 aromatic carbocycles. The third-order valence-electron chi connectivity index (χ3n) is 5.79. The Morgan fingerprint density at radius 3 is 2.77 bits per heavy atom. The van der Waals surface area contributed by atoms with Crippen LogP contribution in [0.5, 0.6) is 0 Å². The third-order valence-corrected chi connectivity index (χ3v) is 6.91. The van der Waals surface area contributed by atoms with Gasteiger partial charge in [-0.3, -0.25) is 23.9 Å². The SMILES string of the molecule is CCOC(=O)CCC(=O)N1CCc2c(sc3ncn(CCN4CCOCC4)c(=O)c23)C1. The van der Waals surface area contributed by atoms with Gasteiger partial charge < -0.3 is 14.4 Å². The molecule has 2 aliphatic heterocycles. The van der Waals surface area contributed by atoms with Crippen molar-refractivity contribution in [3.8, 4) is 0 Å². The number of fused-ring (bicyclic) bond motifs is 3. The minimum atomic E-state index is -0.350. The number of carbonyl (C=O) groups excluding carboxylic acids is 2. The Kier molecular flexibility index (Phi) is 6.99. The van der Waals surface area contributed by atoms with E-state index < -0.39 is 0 Å². The maximum atomic E-state index is 13.1. The molecule has 0 N–H and O–H groups in total. The van der Waals surface area contributed by atoms with E-state index in [1.165, 1.54) is 11.3 Å². The maximum Gasteiger partial charge on any atom is 0.306 e. The quantitative estimate of drug-likeness (QED) is 0.584. The van der Waals surface area contributed by atoms with E-state index in [4.69, 9.17) is 9.47 Å². The number of nitrogens with zero attached hydrogens (tertiary/aromatic N) is 4. The molecule has 0 bridgehead atoms. The Bertz CT molecular complexity index is 1010. The van der Waals surface area contributed by atoms with E-state index in [1.807, 2.05) is 0 Å².